The number of hydrogen-bond donors (Lipinski definition) is 0. The molecule has 2 heteroatoms. The van der Waals surface area contributed by atoms with Gasteiger partial charge in [0, 0.05) is 5.92 Å². The molecule has 0 aromatic heterocycles. The predicted molar refractivity (Wildman–Crippen MR) is 68.2 cm³/mol. The van der Waals surface area contributed by atoms with Gasteiger partial charge in [-0.3, -0.25) is 0 Å². The molecule has 1 saturated carbocycles. The quantitative estimate of drug-likeness (QED) is 0.789. The van der Waals surface area contributed by atoms with Crippen molar-refractivity contribution in [3.8, 4) is 11.8 Å². The van der Waals surface area contributed by atoms with E-state index in [-0.39, 0.29) is 5.41 Å². The van der Waals surface area contributed by atoms with Crippen LogP contribution in [-0.4, -0.2) is 7.11 Å². The fourth-order valence-electron chi connectivity index (χ4n) is 2.33. The monoisotopic (exact) mass is 229 g/mol. The molecule has 0 heterocycles. The molecule has 1 aliphatic carbocycles. The summed E-state index contributed by atoms with van der Waals surface area (Å²) in [6.07, 6.45) is 0.946. The molecule has 90 valence electrons. The Morgan fingerprint density at radius 2 is 2.18 bits per heavy atom. The van der Waals surface area contributed by atoms with Gasteiger partial charge in [-0.25, -0.2) is 0 Å². The minimum Gasteiger partial charge on any atom is -0.496 e. The molecule has 2 atom stereocenters. The van der Waals surface area contributed by atoms with Crippen LogP contribution >= 0.6 is 0 Å². The number of methoxy groups -OCH3 is 1. The van der Waals surface area contributed by atoms with E-state index in [0.29, 0.717) is 11.8 Å². The lowest BCUT2D eigenvalue weighted by atomic mass is 9.95. The van der Waals surface area contributed by atoms with Gasteiger partial charge in [-0.05, 0) is 36.5 Å². The first-order valence-corrected chi connectivity index (χ1v) is 6.11. The Morgan fingerprint density at radius 3 is 2.65 bits per heavy atom. The first-order valence-electron chi connectivity index (χ1n) is 6.11. The molecule has 0 radical (unpaired) electrons. The summed E-state index contributed by atoms with van der Waals surface area (Å²) in [6.45, 7) is 6.39. The molecule has 0 saturated heterocycles. The van der Waals surface area contributed by atoms with E-state index >= 15 is 0 Å². The van der Waals surface area contributed by atoms with Crippen LogP contribution in [0.1, 0.15) is 50.2 Å². The highest BCUT2D eigenvalue weighted by atomic mass is 16.5. The van der Waals surface area contributed by atoms with Crippen LogP contribution < -0.4 is 4.74 Å². The van der Waals surface area contributed by atoms with E-state index in [4.69, 9.17) is 10.00 Å². The lowest BCUT2D eigenvalue weighted by Crippen LogP contribution is -1.98. The van der Waals surface area contributed by atoms with Crippen molar-refractivity contribution in [1.82, 2.24) is 0 Å². The zero-order valence-corrected chi connectivity index (χ0v) is 10.9. The van der Waals surface area contributed by atoms with Crippen molar-refractivity contribution in [3.63, 3.8) is 0 Å². The van der Waals surface area contributed by atoms with E-state index < -0.39 is 0 Å². The van der Waals surface area contributed by atoms with Gasteiger partial charge in [0.1, 0.15) is 5.75 Å². The van der Waals surface area contributed by atoms with Gasteiger partial charge in [-0.2, -0.15) is 5.26 Å². The largest absolute Gasteiger partial charge is 0.496 e. The molecule has 1 aliphatic rings. The Hall–Kier alpha value is -1.49. The summed E-state index contributed by atoms with van der Waals surface area (Å²) in [5.74, 6) is 1.76. The van der Waals surface area contributed by atoms with Crippen LogP contribution in [0.3, 0.4) is 0 Å². The van der Waals surface area contributed by atoms with E-state index in [1.165, 1.54) is 11.1 Å². The van der Waals surface area contributed by atoms with Crippen LogP contribution in [0.25, 0.3) is 0 Å². The van der Waals surface area contributed by atoms with Gasteiger partial charge in [0.15, 0.2) is 0 Å². The van der Waals surface area contributed by atoms with Gasteiger partial charge in [0.2, 0.25) is 0 Å². The van der Waals surface area contributed by atoms with Crippen molar-refractivity contribution in [2.75, 3.05) is 7.11 Å². The molecule has 17 heavy (non-hydrogen) atoms. The van der Waals surface area contributed by atoms with E-state index in [9.17, 15) is 0 Å². The summed E-state index contributed by atoms with van der Waals surface area (Å²) < 4.78 is 5.41. The number of ether oxygens (including phenoxy) is 1. The second-order valence-electron chi connectivity index (χ2n) is 5.44. The van der Waals surface area contributed by atoms with Crippen LogP contribution in [0.2, 0.25) is 0 Å². The standard InChI is InChI=1S/C15H19NO/c1-10(2)11-5-6-14(17-4)12(7-11)13-8-15(13,3)9-16/h5-7,10,13H,8H2,1-4H3. The molecule has 2 unspecified atom stereocenters. The van der Waals surface area contributed by atoms with Crippen molar-refractivity contribution < 1.29 is 4.74 Å². The Labute approximate surface area is 103 Å². The van der Waals surface area contributed by atoms with Gasteiger partial charge >= 0.3 is 0 Å². The Bertz CT molecular complexity index is 472. The third-order valence-corrected chi connectivity index (χ3v) is 3.79. The number of nitrogens with zero attached hydrogens (tertiary/aromatic N) is 1. The SMILES string of the molecule is COc1ccc(C(C)C)cc1C1CC1(C)C#N. The van der Waals surface area contributed by atoms with E-state index in [1.807, 2.05) is 13.0 Å². The maximum absolute atomic E-state index is 9.15. The van der Waals surface area contributed by atoms with E-state index in [1.54, 1.807) is 7.11 Å². The molecule has 2 rings (SSSR count). The number of nitriles is 1. The fraction of sp³-hybridized carbons (Fsp3) is 0.533. The molecule has 2 nitrogen and oxygen atoms in total. The summed E-state index contributed by atoms with van der Waals surface area (Å²) in [7, 11) is 1.69. The van der Waals surface area contributed by atoms with E-state index in [0.717, 1.165) is 12.2 Å². The van der Waals surface area contributed by atoms with Crippen LogP contribution in [0.4, 0.5) is 0 Å². The fourth-order valence-corrected chi connectivity index (χ4v) is 2.33. The van der Waals surface area contributed by atoms with Gasteiger partial charge in [0.05, 0.1) is 18.6 Å². The maximum atomic E-state index is 9.15. The van der Waals surface area contributed by atoms with Gasteiger partial charge in [-0.1, -0.05) is 26.0 Å². The molecule has 1 aromatic rings. The zero-order chi connectivity index (χ0) is 12.6. The molecule has 0 bridgehead atoms. The lowest BCUT2D eigenvalue weighted by Gasteiger charge is -2.13. The van der Waals surface area contributed by atoms with Crippen molar-refractivity contribution in [2.45, 2.75) is 39.0 Å². The number of benzene rings is 1. The first kappa shape index (κ1) is 12.0. The van der Waals surface area contributed by atoms with Crippen LogP contribution in [0, 0.1) is 16.7 Å². The predicted octanol–water partition coefficient (Wildman–Crippen LogP) is 3.84. The molecule has 0 N–H and O–H groups in total. The maximum Gasteiger partial charge on any atom is 0.122 e. The molecule has 1 fully saturated rings. The summed E-state index contributed by atoms with van der Waals surface area (Å²) in [5.41, 5.74) is 2.32. The van der Waals surface area contributed by atoms with Gasteiger partial charge < -0.3 is 4.74 Å². The van der Waals surface area contributed by atoms with Crippen molar-refractivity contribution in [2.24, 2.45) is 5.41 Å². The molecule has 0 aliphatic heterocycles. The zero-order valence-electron chi connectivity index (χ0n) is 10.9. The Balaban J connectivity index is 2.39. The summed E-state index contributed by atoms with van der Waals surface area (Å²) in [4.78, 5) is 0. The Morgan fingerprint density at radius 1 is 1.47 bits per heavy atom. The topological polar surface area (TPSA) is 33.0 Å². The second kappa shape index (κ2) is 4.07. The molecule has 1 aromatic carbocycles. The smallest absolute Gasteiger partial charge is 0.122 e. The van der Waals surface area contributed by atoms with Crippen molar-refractivity contribution in [3.05, 3.63) is 29.3 Å². The van der Waals surface area contributed by atoms with Gasteiger partial charge in [-0.15, -0.1) is 0 Å². The molecular weight excluding hydrogens is 210 g/mol. The average Bonchev–Trinajstić information content (AvgIpc) is 3.01. The highest BCUT2D eigenvalue weighted by molar-refractivity contribution is 5.46. The lowest BCUT2D eigenvalue weighted by molar-refractivity contribution is 0.408. The molecule has 0 spiro atoms. The van der Waals surface area contributed by atoms with Crippen molar-refractivity contribution in [1.29, 1.82) is 5.26 Å². The first-order chi connectivity index (χ1) is 8.01. The van der Waals surface area contributed by atoms with Gasteiger partial charge in [0.25, 0.3) is 0 Å². The normalized spacial score (nSPS) is 26.7. The number of hydrogen-bond acceptors (Lipinski definition) is 2. The van der Waals surface area contributed by atoms with Crippen LogP contribution in [-0.2, 0) is 0 Å². The number of rotatable bonds is 3. The van der Waals surface area contributed by atoms with Crippen LogP contribution in [0.5, 0.6) is 5.75 Å². The minimum absolute atomic E-state index is 0.192. The second-order valence-corrected chi connectivity index (χ2v) is 5.44. The van der Waals surface area contributed by atoms with Crippen molar-refractivity contribution >= 4 is 0 Å². The molecular formula is C15H19NO. The average molecular weight is 229 g/mol. The van der Waals surface area contributed by atoms with Crippen LogP contribution in [0.15, 0.2) is 18.2 Å². The minimum atomic E-state index is -0.192. The summed E-state index contributed by atoms with van der Waals surface area (Å²) in [5, 5.41) is 9.15. The Kier molecular flexibility index (Phi) is 2.87. The third-order valence-electron chi connectivity index (χ3n) is 3.79. The highest BCUT2D eigenvalue weighted by Gasteiger charge is 2.52. The summed E-state index contributed by atoms with van der Waals surface area (Å²) >= 11 is 0. The summed E-state index contributed by atoms with van der Waals surface area (Å²) in [6, 6.07) is 8.75. The molecule has 0 amide bonds. The highest BCUT2D eigenvalue weighted by Crippen LogP contribution is 2.60. The third kappa shape index (κ3) is 2.02. The van der Waals surface area contributed by atoms with E-state index in [2.05, 4.69) is 32.0 Å².